The second-order valence-corrected chi connectivity index (χ2v) is 9.05. The summed E-state index contributed by atoms with van der Waals surface area (Å²) < 4.78 is 58.2. The van der Waals surface area contributed by atoms with E-state index in [-0.39, 0.29) is 22.4 Å². The maximum atomic E-state index is 13.9. The van der Waals surface area contributed by atoms with Crippen LogP contribution in [0.4, 0.5) is 13.2 Å². The van der Waals surface area contributed by atoms with Crippen LogP contribution in [0.3, 0.4) is 0 Å². The van der Waals surface area contributed by atoms with Crippen LogP contribution < -0.4 is 14.9 Å². The Morgan fingerprint density at radius 2 is 1.47 bits per heavy atom. The summed E-state index contributed by atoms with van der Waals surface area (Å²) >= 11 is 3.25. The van der Waals surface area contributed by atoms with Crippen molar-refractivity contribution in [2.75, 3.05) is 0 Å². The highest BCUT2D eigenvalue weighted by molar-refractivity contribution is 9.10. The number of benzene rings is 4. The van der Waals surface area contributed by atoms with Crippen molar-refractivity contribution in [1.82, 2.24) is 0 Å². The van der Waals surface area contributed by atoms with Gasteiger partial charge in [0, 0.05) is 10.5 Å². The van der Waals surface area contributed by atoms with E-state index in [1.165, 1.54) is 36.4 Å². The average molecular weight is 581 g/mol. The lowest BCUT2D eigenvalue weighted by Crippen LogP contribution is -2.15. The van der Waals surface area contributed by atoms with Crippen molar-refractivity contribution in [2.45, 2.75) is 6.18 Å². The number of hydrogen-bond donors (Lipinski definition) is 0. The Balaban J connectivity index is 1.49. The molecule has 9 heteroatoms. The first-order chi connectivity index (χ1) is 18.2. The number of hydrogen-bond acceptors (Lipinski definition) is 5. The Morgan fingerprint density at radius 3 is 2.16 bits per heavy atom. The number of ether oxygens (including phenoxy) is 2. The number of halogens is 4. The third-order valence-corrected chi connectivity index (χ3v) is 6.03. The molecule has 0 saturated heterocycles. The Bertz CT molecular complexity index is 1690. The van der Waals surface area contributed by atoms with Crippen molar-refractivity contribution in [2.24, 2.45) is 0 Å². The average Bonchev–Trinajstić information content (AvgIpc) is 2.90. The van der Waals surface area contributed by atoms with Crippen LogP contribution in [-0.4, -0.2) is 5.97 Å². The zero-order valence-electron chi connectivity index (χ0n) is 19.3. The van der Waals surface area contributed by atoms with Crippen molar-refractivity contribution in [3.63, 3.8) is 0 Å². The fraction of sp³-hybridized carbons (Fsp3) is 0.0345. The SMILES string of the molecule is O=C(Oc1ccc2c(=O)c(Oc3ccc(-c4ccccc4)cc3)c(C(F)(F)F)oc2c1)c1cccc(Br)c1. The van der Waals surface area contributed by atoms with Gasteiger partial charge in [-0.1, -0.05) is 64.5 Å². The van der Waals surface area contributed by atoms with Crippen molar-refractivity contribution < 1.29 is 31.9 Å². The second kappa shape index (κ2) is 10.2. The molecule has 5 rings (SSSR count). The van der Waals surface area contributed by atoms with Crippen LogP contribution in [0, 0.1) is 0 Å². The topological polar surface area (TPSA) is 65.7 Å². The minimum atomic E-state index is -5.03. The maximum Gasteiger partial charge on any atom is 0.453 e. The van der Waals surface area contributed by atoms with Crippen LogP contribution in [0.25, 0.3) is 22.1 Å². The summed E-state index contributed by atoms with van der Waals surface area (Å²) in [6.07, 6.45) is -5.03. The van der Waals surface area contributed by atoms with Crippen LogP contribution in [-0.2, 0) is 6.18 Å². The summed E-state index contributed by atoms with van der Waals surface area (Å²) in [6.45, 7) is 0. The number of esters is 1. The van der Waals surface area contributed by atoms with E-state index in [2.05, 4.69) is 15.9 Å². The summed E-state index contributed by atoms with van der Waals surface area (Å²) in [7, 11) is 0. The van der Waals surface area contributed by atoms with Crippen LogP contribution in [0.15, 0.2) is 111 Å². The first kappa shape index (κ1) is 25.3. The van der Waals surface area contributed by atoms with Gasteiger partial charge in [-0.2, -0.15) is 13.2 Å². The van der Waals surface area contributed by atoms with Gasteiger partial charge in [-0.05, 0) is 53.6 Å². The molecular formula is C29H16BrF3O5. The summed E-state index contributed by atoms with van der Waals surface area (Å²) in [5.74, 6) is -3.39. The fourth-order valence-electron chi connectivity index (χ4n) is 3.74. The highest BCUT2D eigenvalue weighted by Gasteiger charge is 2.40. The molecule has 0 aliphatic carbocycles. The zero-order valence-corrected chi connectivity index (χ0v) is 20.9. The molecule has 0 fully saturated rings. The quantitative estimate of drug-likeness (QED) is 0.155. The molecule has 1 aromatic heterocycles. The molecule has 38 heavy (non-hydrogen) atoms. The Hall–Kier alpha value is -4.37. The lowest BCUT2D eigenvalue weighted by molar-refractivity contribution is -0.154. The van der Waals surface area contributed by atoms with E-state index >= 15 is 0 Å². The minimum absolute atomic E-state index is 0.0291. The first-order valence-electron chi connectivity index (χ1n) is 11.2. The highest BCUT2D eigenvalue weighted by atomic mass is 79.9. The number of rotatable bonds is 5. The fourth-order valence-corrected chi connectivity index (χ4v) is 4.14. The molecule has 0 radical (unpaired) electrons. The summed E-state index contributed by atoms with van der Waals surface area (Å²) in [4.78, 5) is 25.5. The van der Waals surface area contributed by atoms with E-state index < -0.39 is 34.7 Å². The van der Waals surface area contributed by atoms with Gasteiger partial charge in [-0.15, -0.1) is 0 Å². The molecule has 0 aliphatic heterocycles. The molecule has 0 unspecified atom stereocenters. The van der Waals surface area contributed by atoms with Gasteiger partial charge in [0.2, 0.25) is 11.2 Å². The highest BCUT2D eigenvalue weighted by Crippen LogP contribution is 2.39. The molecule has 5 aromatic rings. The number of alkyl halides is 3. The molecule has 5 nitrogen and oxygen atoms in total. The third kappa shape index (κ3) is 5.33. The smallest absolute Gasteiger partial charge is 0.449 e. The molecule has 0 aliphatic rings. The van der Waals surface area contributed by atoms with E-state index in [0.717, 1.165) is 17.2 Å². The van der Waals surface area contributed by atoms with Crippen LogP contribution in [0.2, 0.25) is 0 Å². The minimum Gasteiger partial charge on any atom is -0.449 e. The Labute approximate surface area is 222 Å². The maximum absolute atomic E-state index is 13.9. The molecule has 190 valence electrons. The van der Waals surface area contributed by atoms with E-state index in [1.807, 2.05) is 30.3 Å². The second-order valence-electron chi connectivity index (χ2n) is 8.14. The molecule has 0 N–H and O–H groups in total. The lowest BCUT2D eigenvalue weighted by Gasteiger charge is -2.14. The van der Waals surface area contributed by atoms with Gasteiger partial charge in [0.1, 0.15) is 17.1 Å². The summed E-state index contributed by atoms with van der Waals surface area (Å²) in [5.41, 5.74) is 0.532. The van der Waals surface area contributed by atoms with E-state index in [1.54, 1.807) is 24.3 Å². The van der Waals surface area contributed by atoms with E-state index in [0.29, 0.717) is 4.47 Å². The molecule has 0 amide bonds. The van der Waals surface area contributed by atoms with Gasteiger partial charge >= 0.3 is 12.1 Å². The Morgan fingerprint density at radius 1 is 0.789 bits per heavy atom. The molecular weight excluding hydrogens is 565 g/mol. The van der Waals surface area contributed by atoms with Crippen LogP contribution >= 0.6 is 15.9 Å². The molecule has 1 heterocycles. The van der Waals surface area contributed by atoms with Crippen molar-refractivity contribution >= 4 is 32.9 Å². The van der Waals surface area contributed by atoms with Gasteiger partial charge in [-0.25, -0.2) is 4.79 Å². The van der Waals surface area contributed by atoms with Gasteiger partial charge in [0.05, 0.1) is 10.9 Å². The predicted octanol–water partition coefficient (Wildman–Crippen LogP) is 8.25. The predicted molar refractivity (Wildman–Crippen MR) is 139 cm³/mol. The molecule has 0 saturated carbocycles. The van der Waals surface area contributed by atoms with Crippen molar-refractivity contribution in [3.8, 4) is 28.4 Å². The summed E-state index contributed by atoms with van der Waals surface area (Å²) in [6, 6.07) is 25.6. The van der Waals surface area contributed by atoms with Gasteiger partial charge < -0.3 is 13.9 Å². The van der Waals surface area contributed by atoms with Gasteiger partial charge in [0.15, 0.2) is 0 Å². The van der Waals surface area contributed by atoms with E-state index in [9.17, 15) is 22.8 Å². The standard InChI is InChI=1S/C29H16BrF3O5/c30-20-8-4-7-19(15-20)28(35)37-22-13-14-23-24(16-22)38-27(29(31,32)33)26(25(23)34)36-21-11-9-18(10-12-21)17-5-2-1-3-6-17/h1-16H. The normalized spacial score (nSPS) is 11.4. The monoisotopic (exact) mass is 580 g/mol. The molecule has 0 spiro atoms. The Kier molecular flexibility index (Phi) is 6.77. The molecule has 0 bridgehead atoms. The number of carbonyl (C=O) groups is 1. The van der Waals surface area contributed by atoms with E-state index in [4.69, 9.17) is 13.9 Å². The van der Waals surface area contributed by atoms with Crippen molar-refractivity contribution in [1.29, 1.82) is 0 Å². The number of carbonyl (C=O) groups excluding carboxylic acids is 1. The van der Waals surface area contributed by atoms with Crippen molar-refractivity contribution in [3.05, 3.63) is 123 Å². The van der Waals surface area contributed by atoms with Gasteiger partial charge in [-0.3, -0.25) is 4.79 Å². The van der Waals surface area contributed by atoms with Gasteiger partial charge in [0.25, 0.3) is 5.76 Å². The molecule has 0 atom stereocenters. The summed E-state index contributed by atoms with van der Waals surface area (Å²) in [5, 5.41) is -0.170. The molecule has 4 aromatic carbocycles. The van der Waals surface area contributed by atoms with Crippen LogP contribution in [0.1, 0.15) is 16.1 Å². The van der Waals surface area contributed by atoms with Crippen LogP contribution in [0.5, 0.6) is 17.2 Å². The first-order valence-corrected chi connectivity index (χ1v) is 12.0. The lowest BCUT2D eigenvalue weighted by atomic mass is 10.1. The largest absolute Gasteiger partial charge is 0.453 e. The number of fused-ring (bicyclic) bond motifs is 1. The third-order valence-electron chi connectivity index (χ3n) is 5.53. The zero-order chi connectivity index (χ0) is 26.9.